The zero-order chi connectivity index (χ0) is 21.8. The second kappa shape index (κ2) is 12.3. The van der Waals surface area contributed by atoms with E-state index in [4.69, 9.17) is 27.4 Å². The van der Waals surface area contributed by atoms with E-state index in [1.165, 1.54) is 0 Å². The van der Waals surface area contributed by atoms with Crippen LogP contribution in [-0.4, -0.2) is 65.2 Å². The number of aliphatic imine (C=N–C) groups is 1. The number of nitrogens with two attached hydrogens (primary N) is 3. The van der Waals surface area contributed by atoms with Crippen molar-refractivity contribution >= 4 is 23.7 Å². The number of carboxylic acid groups (broad SMARTS) is 1. The van der Waals surface area contributed by atoms with Crippen LogP contribution in [0.5, 0.6) is 0 Å². The molecular formula is C18H28N6O5. The quantitative estimate of drug-likeness (QED) is 0.113. The van der Waals surface area contributed by atoms with Crippen molar-refractivity contribution in [3.05, 3.63) is 35.9 Å². The Kier molecular flexibility index (Phi) is 10.1. The largest absolute Gasteiger partial charge is 0.480 e. The van der Waals surface area contributed by atoms with Crippen molar-refractivity contribution in [2.75, 3.05) is 13.2 Å². The van der Waals surface area contributed by atoms with Gasteiger partial charge in [0.05, 0.1) is 12.6 Å². The molecule has 11 nitrogen and oxygen atoms in total. The van der Waals surface area contributed by atoms with Crippen LogP contribution in [0, 0.1) is 0 Å². The van der Waals surface area contributed by atoms with Crippen molar-refractivity contribution in [2.45, 2.75) is 37.4 Å². The number of carboxylic acids is 1. The molecule has 0 aliphatic carbocycles. The normalized spacial score (nSPS) is 13.6. The van der Waals surface area contributed by atoms with Gasteiger partial charge in [-0.2, -0.15) is 0 Å². The van der Waals surface area contributed by atoms with Gasteiger partial charge in [-0.15, -0.1) is 0 Å². The summed E-state index contributed by atoms with van der Waals surface area (Å²) in [4.78, 5) is 39.8. The number of carbonyl (C=O) groups is 3. The smallest absolute Gasteiger partial charge is 0.328 e. The SMILES string of the molecule is NC(N)=NCCCC(N)C(=O)NC(Cc1ccccc1)C(=O)NC(CO)C(=O)O. The molecule has 11 heteroatoms. The third kappa shape index (κ3) is 9.04. The van der Waals surface area contributed by atoms with Gasteiger partial charge in [-0.3, -0.25) is 14.6 Å². The fourth-order valence-corrected chi connectivity index (χ4v) is 2.45. The highest BCUT2D eigenvalue weighted by molar-refractivity contribution is 5.92. The Labute approximate surface area is 168 Å². The van der Waals surface area contributed by atoms with Gasteiger partial charge in [-0.05, 0) is 18.4 Å². The molecule has 0 aliphatic rings. The van der Waals surface area contributed by atoms with Gasteiger partial charge in [0, 0.05) is 13.0 Å². The molecule has 0 radical (unpaired) electrons. The first kappa shape index (κ1) is 23.9. The maximum absolute atomic E-state index is 12.5. The van der Waals surface area contributed by atoms with E-state index < -0.39 is 42.5 Å². The molecular weight excluding hydrogens is 380 g/mol. The minimum atomic E-state index is -1.48. The molecule has 29 heavy (non-hydrogen) atoms. The van der Waals surface area contributed by atoms with E-state index >= 15 is 0 Å². The van der Waals surface area contributed by atoms with Gasteiger partial charge in [0.15, 0.2) is 5.96 Å². The van der Waals surface area contributed by atoms with Gasteiger partial charge in [0.2, 0.25) is 11.8 Å². The molecule has 160 valence electrons. The summed E-state index contributed by atoms with van der Waals surface area (Å²) in [7, 11) is 0. The van der Waals surface area contributed by atoms with Crippen LogP contribution in [0.1, 0.15) is 18.4 Å². The number of hydrogen-bond acceptors (Lipinski definition) is 6. The number of rotatable bonds is 12. The molecule has 0 aliphatic heterocycles. The summed E-state index contributed by atoms with van der Waals surface area (Å²) in [5.41, 5.74) is 17.1. The number of hydrogen-bond donors (Lipinski definition) is 7. The predicted octanol–water partition coefficient (Wildman–Crippen LogP) is -2.34. The van der Waals surface area contributed by atoms with Crippen molar-refractivity contribution in [2.24, 2.45) is 22.2 Å². The number of nitrogens with zero attached hydrogens (tertiary/aromatic N) is 1. The van der Waals surface area contributed by atoms with Gasteiger partial charge < -0.3 is 38.0 Å². The van der Waals surface area contributed by atoms with Crippen LogP contribution < -0.4 is 27.8 Å². The summed E-state index contributed by atoms with van der Waals surface area (Å²) in [5, 5.41) is 22.9. The van der Waals surface area contributed by atoms with Crippen molar-refractivity contribution in [1.82, 2.24) is 10.6 Å². The van der Waals surface area contributed by atoms with E-state index in [2.05, 4.69) is 15.6 Å². The third-order valence-electron chi connectivity index (χ3n) is 4.02. The summed E-state index contributed by atoms with van der Waals surface area (Å²) in [5.74, 6) is -2.75. The van der Waals surface area contributed by atoms with Crippen LogP contribution >= 0.6 is 0 Å². The van der Waals surface area contributed by atoms with Crippen LogP contribution in [0.25, 0.3) is 0 Å². The predicted molar refractivity (Wildman–Crippen MR) is 107 cm³/mol. The van der Waals surface area contributed by atoms with E-state index in [0.29, 0.717) is 13.0 Å². The van der Waals surface area contributed by atoms with Crippen LogP contribution in [0.4, 0.5) is 0 Å². The first-order valence-corrected chi connectivity index (χ1v) is 9.04. The highest BCUT2D eigenvalue weighted by atomic mass is 16.4. The molecule has 1 aromatic carbocycles. The Morgan fingerprint density at radius 3 is 2.21 bits per heavy atom. The van der Waals surface area contributed by atoms with E-state index in [-0.39, 0.29) is 18.8 Å². The Hall–Kier alpha value is -3.18. The van der Waals surface area contributed by atoms with E-state index in [1.807, 2.05) is 0 Å². The fourth-order valence-electron chi connectivity index (χ4n) is 2.45. The number of guanidine groups is 1. The zero-order valence-electron chi connectivity index (χ0n) is 16.0. The van der Waals surface area contributed by atoms with Gasteiger partial charge in [-0.25, -0.2) is 4.79 Å². The molecule has 10 N–H and O–H groups in total. The van der Waals surface area contributed by atoms with Gasteiger partial charge in [-0.1, -0.05) is 30.3 Å². The average Bonchev–Trinajstić information content (AvgIpc) is 2.68. The summed E-state index contributed by atoms with van der Waals surface area (Å²) in [6, 6.07) is 5.43. The van der Waals surface area contributed by atoms with Gasteiger partial charge in [0.25, 0.3) is 0 Å². The van der Waals surface area contributed by atoms with Crippen LogP contribution in [0.2, 0.25) is 0 Å². The van der Waals surface area contributed by atoms with E-state index in [1.54, 1.807) is 30.3 Å². The second-order valence-corrected chi connectivity index (χ2v) is 6.39. The minimum Gasteiger partial charge on any atom is -0.480 e. The summed E-state index contributed by atoms with van der Waals surface area (Å²) in [6.07, 6.45) is 0.876. The Balaban J connectivity index is 2.79. The van der Waals surface area contributed by atoms with E-state index in [9.17, 15) is 14.4 Å². The topological polar surface area (TPSA) is 206 Å². The highest BCUT2D eigenvalue weighted by Crippen LogP contribution is 2.05. The molecule has 0 fully saturated rings. The molecule has 0 heterocycles. The Morgan fingerprint density at radius 1 is 1.03 bits per heavy atom. The number of carbonyl (C=O) groups excluding carboxylic acids is 2. The zero-order valence-corrected chi connectivity index (χ0v) is 16.0. The molecule has 0 spiro atoms. The highest BCUT2D eigenvalue weighted by Gasteiger charge is 2.27. The van der Waals surface area contributed by atoms with E-state index in [0.717, 1.165) is 5.56 Å². The maximum atomic E-state index is 12.5. The molecule has 2 amide bonds. The van der Waals surface area contributed by atoms with Crippen LogP contribution in [0.15, 0.2) is 35.3 Å². The van der Waals surface area contributed by atoms with Crippen LogP contribution in [-0.2, 0) is 20.8 Å². The first-order chi connectivity index (χ1) is 13.7. The Bertz CT molecular complexity index is 708. The number of amides is 2. The monoisotopic (exact) mass is 408 g/mol. The van der Waals surface area contributed by atoms with Gasteiger partial charge in [0.1, 0.15) is 12.1 Å². The standard InChI is InChI=1S/C18H28N6O5/c19-12(7-4-8-22-18(20)21)15(26)23-13(9-11-5-2-1-3-6-11)16(27)24-14(10-25)17(28)29/h1-3,5-6,12-14,25H,4,7-10,19H2,(H,23,26)(H,24,27)(H,28,29)(H4,20,21,22). The number of nitrogens with one attached hydrogen (secondary N) is 2. The summed E-state index contributed by atoms with van der Waals surface area (Å²) in [6.45, 7) is -0.467. The molecule has 3 unspecified atom stereocenters. The van der Waals surface area contributed by atoms with Crippen molar-refractivity contribution in [3.8, 4) is 0 Å². The lowest BCUT2D eigenvalue weighted by Gasteiger charge is -2.22. The third-order valence-corrected chi connectivity index (χ3v) is 4.02. The van der Waals surface area contributed by atoms with Crippen molar-refractivity contribution in [3.63, 3.8) is 0 Å². The molecule has 1 rings (SSSR count). The average molecular weight is 408 g/mol. The minimum absolute atomic E-state index is 0.0560. The molecule has 0 saturated heterocycles. The second-order valence-electron chi connectivity index (χ2n) is 6.39. The molecule has 0 aromatic heterocycles. The van der Waals surface area contributed by atoms with Gasteiger partial charge >= 0.3 is 5.97 Å². The van der Waals surface area contributed by atoms with Crippen molar-refractivity contribution < 1.29 is 24.6 Å². The lowest BCUT2D eigenvalue weighted by molar-refractivity contribution is -0.143. The summed E-state index contributed by atoms with van der Waals surface area (Å²) >= 11 is 0. The number of benzene rings is 1. The van der Waals surface area contributed by atoms with Crippen LogP contribution in [0.3, 0.4) is 0 Å². The number of aliphatic hydroxyl groups excluding tert-OH is 1. The number of aliphatic hydroxyl groups is 1. The maximum Gasteiger partial charge on any atom is 0.328 e. The molecule has 0 saturated carbocycles. The van der Waals surface area contributed by atoms with Crippen molar-refractivity contribution in [1.29, 1.82) is 0 Å². The lowest BCUT2D eigenvalue weighted by atomic mass is 10.0. The molecule has 1 aromatic rings. The fraction of sp³-hybridized carbons (Fsp3) is 0.444. The number of aliphatic carboxylic acids is 1. The summed E-state index contributed by atoms with van der Waals surface area (Å²) < 4.78 is 0. The molecule has 0 bridgehead atoms. The Morgan fingerprint density at radius 2 is 1.66 bits per heavy atom. The lowest BCUT2D eigenvalue weighted by Crippen LogP contribution is -2.55. The molecule has 3 atom stereocenters. The first-order valence-electron chi connectivity index (χ1n) is 9.04.